The van der Waals surface area contributed by atoms with Crippen LogP contribution in [0.1, 0.15) is 68.3 Å². The van der Waals surface area contributed by atoms with Gasteiger partial charge in [-0.1, -0.05) is 55.9 Å². The predicted molar refractivity (Wildman–Crippen MR) is 128 cm³/mol. The van der Waals surface area contributed by atoms with Crippen molar-refractivity contribution in [1.82, 2.24) is 15.2 Å². The Labute approximate surface area is 203 Å². The lowest BCUT2D eigenvalue weighted by Crippen LogP contribution is -2.50. The Balaban J connectivity index is 1.51. The van der Waals surface area contributed by atoms with E-state index in [0.29, 0.717) is 18.8 Å². The van der Waals surface area contributed by atoms with Gasteiger partial charge in [-0.2, -0.15) is 0 Å². The van der Waals surface area contributed by atoms with E-state index in [1.807, 2.05) is 6.08 Å². The van der Waals surface area contributed by atoms with Crippen LogP contribution in [0.2, 0.25) is 0 Å². The molecule has 1 aliphatic heterocycles. The second-order valence-corrected chi connectivity index (χ2v) is 9.97. The molecule has 2 fully saturated rings. The van der Waals surface area contributed by atoms with Crippen molar-refractivity contribution in [2.75, 3.05) is 12.4 Å². The highest BCUT2D eigenvalue weighted by atomic mass is 32.1. The van der Waals surface area contributed by atoms with Crippen LogP contribution in [-0.2, 0) is 9.53 Å². The molecule has 1 saturated heterocycles. The van der Waals surface area contributed by atoms with Crippen LogP contribution in [0.4, 0.5) is 9.93 Å². The fourth-order valence-electron chi connectivity index (χ4n) is 4.98. The van der Waals surface area contributed by atoms with Crippen LogP contribution < -0.4 is 10.6 Å². The number of anilines is 1. The summed E-state index contributed by atoms with van der Waals surface area (Å²) in [7, 11) is 1.27. The standard InChI is InChI=1S/C24H32N4O5S/c1-33-22(31)18-14-34-23(25-18)27-20(29)19(13-16-10-6-3-7-11-16)28-21(30)17(26-24(28)32)12-15-8-4-2-5-9-15/h4,8-9,14,16-17,19,21,30H,2-3,5-7,10-13H2,1H3,(H,26,32)(H,25,27,29)/t17-,19-,21?/m0/s1. The van der Waals surface area contributed by atoms with Gasteiger partial charge in [-0.3, -0.25) is 9.69 Å². The van der Waals surface area contributed by atoms with Crippen molar-refractivity contribution in [3.63, 3.8) is 0 Å². The molecule has 3 N–H and O–H groups in total. The van der Waals surface area contributed by atoms with E-state index in [9.17, 15) is 19.5 Å². The molecule has 1 aromatic heterocycles. The van der Waals surface area contributed by atoms with E-state index in [0.717, 1.165) is 55.4 Å². The summed E-state index contributed by atoms with van der Waals surface area (Å²) in [6, 6.07) is -1.78. The molecule has 34 heavy (non-hydrogen) atoms. The monoisotopic (exact) mass is 488 g/mol. The quantitative estimate of drug-likeness (QED) is 0.481. The zero-order valence-corrected chi connectivity index (χ0v) is 20.2. The lowest BCUT2D eigenvalue weighted by Gasteiger charge is -2.33. The molecule has 0 spiro atoms. The second kappa shape index (κ2) is 11.1. The maximum atomic E-state index is 13.4. The Hall–Kier alpha value is -2.72. The molecule has 10 heteroatoms. The fourth-order valence-corrected chi connectivity index (χ4v) is 5.66. The number of esters is 1. The van der Waals surface area contributed by atoms with E-state index in [2.05, 4.69) is 32.5 Å². The smallest absolute Gasteiger partial charge is 0.357 e. The average Bonchev–Trinajstić information content (AvgIpc) is 3.42. The number of methoxy groups -OCH3 is 1. The topological polar surface area (TPSA) is 121 Å². The summed E-state index contributed by atoms with van der Waals surface area (Å²) in [6.07, 6.45) is 13.4. The van der Waals surface area contributed by atoms with Crippen molar-refractivity contribution in [2.24, 2.45) is 5.92 Å². The Morgan fingerprint density at radius 3 is 2.82 bits per heavy atom. The van der Waals surface area contributed by atoms with Crippen LogP contribution in [-0.4, -0.2) is 58.3 Å². The molecule has 0 bridgehead atoms. The van der Waals surface area contributed by atoms with Gasteiger partial charge in [-0.05, 0) is 31.6 Å². The first-order chi connectivity index (χ1) is 16.5. The third-order valence-corrected chi connectivity index (χ3v) is 7.52. The van der Waals surface area contributed by atoms with Gasteiger partial charge >= 0.3 is 12.0 Å². The Morgan fingerprint density at radius 1 is 1.32 bits per heavy atom. The van der Waals surface area contributed by atoms with Gasteiger partial charge in [-0.15, -0.1) is 11.3 Å². The molecule has 2 heterocycles. The first kappa shape index (κ1) is 24.4. The van der Waals surface area contributed by atoms with Gasteiger partial charge in [0.2, 0.25) is 5.91 Å². The van der Waals surface area contributed by atoms with Crippen molar-refractivity contribution in [3.8, 4) is 0 Å². The van der Waals surface area contributed by atoms with Crippen LogP contribution >= 0.6 is 11.3 Å². The molecule has 1 saturated carbocycles. The van der Waals surface area contributed by atoms with Crippen LogP contribution in [0.5, 0.6) is 0 Å². The summed E-state index contributed by atoms with van der Waals surface area (Å²) in [5, 5.41) is 18.5. The summed E-state index contributed by atoms with van der Waals surface area (Å²) in [5.41, 5.74) is 1.18. The van der Waals surface area contributed by atoms with Gasteiger partial charge in [-0.25, -0.2) is 14.6 Å². The normalized spacial score (nSPS) is 23.9. The number of amides is 3. The number of nitrogens with one attached hydrogen (secondary N) is 2. The number of hydrogen-bond donors (Lipinski definition) is 3. The number of carbonyl (C=O) groups is 3. The average molecular weight is 489 g/mol. The molecule has 0 aromatic carbocycles. The lowest BCUT2D eigenvalue weighted by atomic mass is 9.84. The number of allylic oxidation sites excluding steroid dienone is 3. The van der Waals surface area contributed by atoms with Crippen molar-refractivity contribution < 1.29 is 24.2 Å². The lowest BCUT2D eigenvalue weighted by molar-refractivity contribution is -0.124. The summed E-state index contributed by atoms with van der Waals surface area (Å²) in [4.78, 5) is 43.5. The van der Waals surface area contributed by atoms with E-state index in [1.54, 1.807) is 0 Å². The number of rotatable bonds is 8. The van der Waals surface area contributed by atoms with Crippen molar-refractivity contribution in [3.05, 3.63) is 34.9 Å². The predicted octanol–water partition coefficient (Wildman–Crippen LogP) is 3.59. The fraction of sp³-hybridized carbons (Fsp3) is 0.583. The third-order valence-electron chi connectivity index (χ3n) is 6.76. The molecule has 1 aromatic rings. The molecule has 9 nitrogen and oxygen atoms in total. The molecule has 4 rings (SSSR count). The van der Waals surface area contributed by atoms with Crippen LogP contribution in [0.3, 0.4) is 0 Å². The van der Waals surface area contributed by atoms with Crippen molar-refractivity contribution in [1.29, 1.82) is 0 Å². The Bertz CT molecular complexity index is 968. The first-order valence-electron chi connectivity index (χ1n) is 11.9. The number of aliphatic hydroxyl groups is 1. The Morgan fingerprint density at radius 2 is 2.12 bits per heavy atom. The third kappa shape index (κ3) is 5.67. The number of carbonyl (C=O) groups excluding carboxylic acids is 3. The summed E-state index contributed by atoms with van der Waals surface area (Å²) >= 11 is 1.11. The molecule has 0 radical (unpaired) electrons. The highest BCUT2D eigenvalue weighted by Gasteiger charge is 2.45. The van der Waals surface area contributed by atoms with E-state index in [1.165, 1.54) is 23.8 Å². The number of aliphatic hydroxyl groups excluding tert-OH is 1. The number of aromatic nitrogens is 1. The zero-order chi connectivity index (χ0) is 24.1. The number of thiazole rings is 1. The summed E-state index contributed by atoms with van der Waals surface area (Å²) in [6.45, 7) is 0. The van der Waals surface area contributed by atoms with E-state index in [-0.39, 0.29) is 10.8 Å². The number of ether oxygens (including phenoxy) is 1. The van der Waals surface area contributed by atoms with E-state index >= 15 is 0 Å². The highest BCUT2D eigenvalue weighted by molar-refractivity contribution is 7.14. The minimum atomic E-state index is -1.12. The van der Waals surface area contributed by atoms with Gasteiger partial charge in [0.15, 0.2) is 17.1 Å². The van der Waals surface area contributed by atoms with Gasteiger partial charge in [0.1, 0.15) is 6.04 Å². The summed E-state index contributed by atoms with van der Waals surface area (Å²) < 4.78 is 4.68. The number of hydrogen-bond acceptors (Lipinski definition) is 7. The minimum Gasteiger partial charge on any atom is -0.464 e. The maximum Gasteiger partial charge on any atom is 0.357 e. The first-order valence-corrected chi connectivity index (χ1v) is 12.8. The van der Waals surface area contributed by atoms with Gasteiger partial charge in [0.05, 0.1) is 13.2 Å². The molecule has 184 valence electrons. The van der Waals surface area contributed by atoms with Crippen molar-refractivity contribution >= 4 is 34.4 Å². The van der Waals surface area contributed by atoms with Crippen molar-refractivity contribution in [2.45, 2.75) is 76.1 Å². The molecular formula is C24H32N4O5S. The van der Waals surface area contributed by atoms with Gasteiger partial charge < -0.3 is 20.5 Å². The second-order valence-electron chi connectivity index (χ2n) is 9.11. The number of urea groups is 1. The molecular weight excluding hydrogens is 456 g/mol. The Kier molecular flexibility index (Phi) is 7.99. The van der Waals surface area contributed by atoms with E-state index < -0.39 is 36.2 Å². The number of nitrogens with zero attached hydrogens (tertiary/aromatic N) is 2. The van der Waals surface area contributed by atoms with Gasteiger partial charge in [0.25, 0.3) is 0 Å². The molecule has 1 unspecified atom stereocenters. The molecule has 2 aliphatic carbocycles. The van der Waals surface area contributed by atoms with Crippen LogP contribution in [0, 0.1) is 5.92 Å². The van der Waals surface area contributed by atoms with E-state index in [4.69, 9.17) is 0 Å². The van der Waals surface area contributed by atoms with Gasteiger partial charge in [0, 0.05) is 5.38 Å². The highest BCUT2D eigenvalue weighted by Crippen LogP contribution is 2.32. The largest absolute Gasteiger partial charge is 0.464 e. The maximum absolute atomic E-state index is 13.4. The SMILES string of the molecule is COC(=O)c1csc(NC(=O)[C@H](CC2CCCCC2)N2C(=O)N[C@@H](CC3=CCCC=C3)C2O)n1. The molecule has 3 aliphatic rings. The van der Waals surface area contributed by atoms with Crippen LogP contribution in [0.15, 0.2) is 29.2 Å². The minimum absolute atomic E-state index is 0.111. The van der Waals surface area contributed by atoms with Crippen LogP contribution in [0.25, 0.3) is 0 Å². The molecule has 3 atom stereocenters. The molecule has 3 amide bonds. The summed E-state index contributed by atoms with van der Waals surface area (Å²) in [5.74, 6) is -0.698. The zero-order valence-electron chi connectivity index (χ0n) is 19.4.